The maximum Gasteiger partial charge on any atom is 0.433 e. The summed E-state index contributed by atoms with van der Waals surface area (Å²) >= 11 is 0. The van der Waals surface area contributed by atoms with Crippen LogP contribution in [0.3, 0.4) is 0 Å². The largest absolute Gasteiger partial charge is 0.433 e. The lowest BCUT2D eigenvalue weighted by Gasteiger charge is -2.06. The third-order valence-corrected chi connectivity index (χ3v) is 1.97. The number of nitrogens with zero attached hydrogens (tertiary/aromatic N) is 1. The molecule has 2 rings (SSSR count). The van der Waals surface area contributed by atoms with Crippen molar-refractivity contribution < 1.29 is 13.2 Å². The van der Waals surface area contributed by atoms with E-state index in [4.69, 9.17) is 0 Å². The Kier molecular flexibility index (Phi) is 1.76. The van der Waals surface area contributed by atoms with Crippen molar-refractivity contribution in [1.82, 2.24) is 10.3 Å². The van der Waals surface area contributed by atoms with Crippen LogP contribution in [0.2, 0.25) is 0 Å². The second kappa shape index (κ2) is 2.70. The highest BCUT2D eigenvalue weighted by Gasteiger charge is 2.33. The van der Waals surface area contributed by atoms with Gasteiger partial charge in [0.05, 0.1) is 5.69 Å². The van der Waals surface area contributed by atoms with E-state index >= 15 is 0 Å². The van der Waals surface area contributed by atoms with Crippen LogP contribution in [-0.4, -0.2) is 4.98 Å². The average molecular weight is 188 g/mol. The smallest absolute Gasteiger partial charge is 0.307 e. The minimum absolute atomic E-state index is 0.430. The molecule has 1 aliphatic heterocycles. The van der Waals surface area contributed by atoms with Crippen molar-refractivity contribution >= 4 is 0 Å². The molecule has 0 unspecified atom stereocenters. The zero-order chi connectivity index (χ0) is 9.47. The van der Waals surface area contributed by atoms with Crippen molar-refractivity contribution in [2.75, 3.05) is 0 Å². The highest BCUT2D eigenvalue weighted by Crippen LogP contribution is 2.28. The summed E-state index contributed by atoms with van der Waals surface area (Å²) in [5, 5.41) is 2.94. The van der Waals surface area contributed by atoms with Crippen LogP contribution in [0.4, 0.5) is 13.2 Å². The van der Waals surface area contributed by atoms with Gasteiger partial charge in [-0.3, -0.25) is 0 Å². The summed E-state index contributed by atoms with van der Waals surface area (Å²) in [6.07, 6.45) is -4.34. The highest BCUT2D eigenvalue weighted by atomic mass is 19.4. The van der Waals surface area contributed by atoms with Crippen molar-refractivity contribution in [2.24, 2.45) is 0 Å². The Bertz CT molecular complexity index is 333. The molecule has 0 saturated carbocycles. The molecule has 1 aromatic rings. The van der Waals surface area contributed by atoms with Crippen molar-refractivity contribution in [3.8, 4) is 0 Å². The maximum atomic E-state index is 12.2. The first-order valence-corrected chi connectivity index (χ1v) is 3.84. The second-order valence-corrected chi connectivity index (χ2v) is 2.90. The topological polar surface area (TPSA) is 24.9 Å². The number of rotatable bonds is 0. The minimum atomic E-state index is -4.34. The van der Waals surface area contributed by atoms with Gasteiger partial charge in [-0.15, -0.1) is 0 Å². The van der Waals surface area contributed by atoms with Crippen LogP contribution in [-0.2, 0) is 19.3 Å². The number of fused-ring (bicyclic) bond motifs is 1. The predicted octanol–water partition coefficient (Wildman–Crippen LogP) is 1.70. The molecule has 0 aromatic carbocycles. The van der Waals surface area contributed by atoms with E-state index in [0.717, 1.165) is 11.6 Å². The van der Waals surface area contributed by atoms with Gasteiger partial charge < -0.3 is 5.32 Å². The number of pyridine rings is 1. The van der Waals surface area contributed by atoms with Gasteiger partial charge in [0.25, 0.3) is 0 Å². The van der Waals surface area contributed by atoms with E-state index in [2.05, 4.69) is 10.3 Å². The fraction of sp³-hybridized carbons (Fsp3) is 0.375. The number of halogens is 3. The van der Waals surface area contributed by atoms with Gasteiger partial charge in [0.1, 0.15) is 5.69 Å². The second-order valence-electron chi connectivity index (χ2n) is 2.90. The molecule has 5 heteroatoms. The number of hydrogen-bond donors (Lipinski definition) is 1. The molecule has 1 N–H and O–H groups in total. The van der Waals surface area contributed by atoms with Gasteiger partial charge in [0.2, 0.25) is 0 Å². The van der Waals surface area contributed by atoms with E-state index in [-0.39, 0.29) is 0 Å². The summed E-state index contributed by atoms with van der Waals surface area (Å²) in [6, 6.07) is 2.50. The highest BCUT2D eigenvalue weighted by molar-refractivity contribution is 5.27. The molecular weight excluding hydrogens is 181 g/mol. The molecule has 0 atom stereocenters. The van der Waals surface area contributed by atoms with Gasteiger partial charge in [-0.05, 0) is 11.6 Å². The first-order valence-electron chi connectivity index (χ1n) is 3.84. The lowest BCUT2D eigenvalue weighted by atomic mass is 10.2. The Labute approximate surface area is 72.8 Å². The number of nitrogens with one attached hydrogen (secondary N) is 1. The van der Waals surface area contributed by atoms with Crippen LogP contribution in [0.5, 0.6) is 0 Å². The first-order chi connectivity index (χ1) is 6.07. The van der Waals surface area contributed by atoms with Crippen LogP contribution in [0.25, 0.3) is 0 Å². The van der Waals surface area contributed by atoms with Gasteiger partial charge >= 0.3 is 6.18 Å². The normalized spacial score (nSPS) is 15.9. The Balaban J connectivity index is 2.42. The van der Waals surface area contributed by atoms with Gasteiger partial charge in [-0.25, -0.2) is 4.98 Å². The minimum Gasteiger partial charge on any atom is -0.307 e. The summed E-state index contributed by atoms with van der Waals surface area (Å²) in [4.78, 5) is 3.54. The summed E-state index contributed by atoms with van der Waals surface area (Å²) in [5.41, 5.74) is 0.553. The average Bonchev–Trinajstić information content (AvgIpc) is 2.47. The molecule has 2 heterocycles. The lowest BCUT2D eigenvalue weighted by molar-refractivity contribution is -0.141. The van der Waals surface area contributed by atoms with Crippen molar-refractivity contribution in [3.63, 3.8) is 0 Å². The summed E-state index contributed by atoms with van der Waals surface area (Å²) in [6.45, 7) is 1.04. The van der Waals surface area contributed by atoms with Crippen LogP contribution < -0.4 is 5.32 Å². The molecular formula is C8H7F3N2. The predicted molar refractivity (Wildman–Crippen MR) is 39.8 cm³/mol. The molecule has 0 fully saturated rings. The zero-order valence-electron chi connectivity index (χ0n) is 6.65. The fourth-order valence-corrected chi connectivity index (χ4v) is 1.32. The van der Waals surface area contributed by atoms with Gasteiger partial charge in [-0.1, -0.05) is 6.07 Å². The van der Waals surface area contributed by atoms with E-state index in [0.29, 0.717) is 18.8 Å². The maximum absolute atomic E-state index is 12.2. The standard InChI is InChI=1S/C8H7F3N2/c9-8(10,11)7-2-1-5-3-12-4-6(5)13-7/h1-2,12H,3-4H2. The summed E-state index contributed by atoms with van der Waals surface area (Å²) in [5.74, 6) is 0. The zero-order valence-corrected chi connectivity index (χ0v) is 6.65. The third-order valence-electron chi connectivity index (χ3n) is 1.97. The Morgan fingerprint density at radius 2 is 2.00 bits per heavy atom. The van der Waals surface area contributed by atoms with Crippen molar-refractivity contribution in [1.29, 1.82) is 0 Å². The Morgan fingerprint density at radius 3 is 2.69 bits per heavy atom. The van der Waals surface area contributed by atoms with E-state index < -0.39 is 11.9 Å². The molecule has 0 bridgehead atoms. The quantitative estimate of drug-likeness (QED) is 0.670. The number of aromatic nitrogens is 1. The van der Waals surface area contributed by atoms with E-state index in [9.17, 15) is 13.2 Å². The molecule has 0 amide bonds. The van der Waals surface area contributed by atoms with Crippen LogP contribution in [0, 0.1) is 0 Å². The van der Waals surface area contributed by atoms with Crippen molar-refractivity contribution in [2.45, 2.75) is 19.3 Å². The fourth-order valence-electron chi connectivity index (χ4n) is 1.32. The molecule has 0 aliphatic carbocycles. The summed E-state index contributed by atoms with van der Waals surface area (Å²) in [7, 11) is 0. The van der Waals surface area contributed by atoms with Crippen LogP contribution >= 0.6 is 0 Å². The van der Waals surface area contributed by atoms with Crippen molar-refractivity contribution in [3.05, 3.63) is 29.1 Å². The molecule has 13 heavy (non-hydrogen) atoms. The first kappa shape index (κ1) is 8.50. The van der Waals surface area contributed by atoms with Crippen LogP contribution in [0.15, 0.2) is 12.1 Å². The molecule has 0 saturated heterocycles. The van der Waals surface area contributed by atoms with E-state index in [1.807, 2.05) is 0 Å². The number of hydrogen-bond acceptors (Lipinski definition) is 2. The molecule has 70 valence electrons. The SMILES string of the molecule is FC(F)(F)c1ccc2c(n1)CNC2. The molecule has 1 aliphatic rings. The van der Waals surface area contributed by atoms with Gasteiger partial charge in [0.15, 0.2) is 0 Å². The van der Waals surface area contributed by atoms with Crippen LogP contribution in [0.1, 0.15) is 17.0 Å². The van der Waals surface area contributed by atoms with E-state index in [1.165, 1.54) is 6.07 Å². The molecule has 0 spiro atoms. The number of alkyl halides is 3. The van der Waals surface area contributed by atoms with E-state index in [1.54, 1.807) is 0 Å². The molecule has 2 nitrogen and oxygen atoms in total. The Hall–Kier alpha value is -1.10. The van der Waals surface area contributed by atoms with Gasteiger partial charge in [0, 0.05) is 13.1 Å². The summed E-state index contributed by atoms with van der Waals surface area (Å²) < 4.78 is 36.5. The molecule has 0 radical (unpaired) electrons. The monoisotopic (exact) mass is 188 g/mol. The third kappa shape index (κ3) is 1.51. The molecule has 1 aromatic heterocycles. The van der Waals surface area contributed by atoms with Gasteiger partial charge in [-0.2, -0.15) is 13.2 Å². The Morgan fingerprint density at radius 1 is 1.23 bits per heavy atom. The lowest BCUT2D eigenvalue weighted by Crippen LogP contribution is -2.09.